The van der Waals surface area contributed by atoms with Crippen LogP contribution in [0, 0.1) is 0 Å². The van der Waals surface area contributed by atoms with Crippen LogP contribution in [0.15, 0.2) is 24.3 Å². The zero-order valence-electron chi connectivity index (χ0n) is 39.6. The molecule has 0 bridgehead atoms. The smallest absolute Gasteiger partial charge is 0.220 e. The van der Waals surface area contributed by atoms with Crippen LogP contribution in [0.2, 0.25) is 0 Å². The van der Waals surface area contributed by atoms with Gasteiger partial charge in [0.2, 0.25) is 5.91 Å². The van der Waals surface area contributed by atoms with Gasteiger partial charge < -0.3 is 15.5 Å². The summed E-state index contributed by atoms with van der Waals surface area (Å²) in [6.07, 6.45) is 65.8. The summed E-state index contributed by atoms with van der Waals surface area (Å²) in [6.45, 7) is 4.36. The zero-order valence-corrected chi connectivity index (χ0v) is 39.6. The van der Waals surface area contributed by atoms with E-state index in [1.165, 1.54) is 238 Å². The van der Waals surface area contributed by atoms with Gasteiger partial charge in [0.05, 0.1) is 18.8 Å². The lowest BCUT2D eigenvalue weighted by Gasteiger charge is -2.22. The molecule has 0 heterocycles. The third-order valence-electron chi connectivity index (χ3n) is 12.5. The largest absolute Gasteiger partial charge is 0.394 e. The second-order valence-corrected chi connectivity index (χ2v) is 18.3. The standard InChI is InChI=1S/C54H105NO3/c1-3-5-7-9-11-13-15-17-19-21-22-23-24-25-26-27-28-29-30-31-32-34-35-37-39-41-43-45-47-49-53(57)52(51-56)55-54(58)50-48-46-44-42-40-38-36-33-20-18-16-14-12-10-8-6-4-2/h12,14,18,20,52-53,56-57H,3-11,13,15-17,19,21-51H2,1-2H3,(H,55,58)/b14-12-,20-18-. The van der Waals surface area contributed by atoms with Gasteiger partial charge in [-0.1, -0.05) is 269 Å². The zero-order chi connectivity index (χ0) is 42.1. The summed E-state index contributed by atoms with van der Waals surface area (Å²) in [5.74, 6) is -0.0359. The van der Waals surface area contributed by atoms with Gasteiger partial charge in [0.15, 0.2) is 0 Å². The Balaban J connectivity index is 3.42. The molecule has 2 atom stereocenters. The fourth-order valence-electron chi connectivity index (χ4n) is 8.39. The van der Waals surface area contributed by atoms with E-state index in [1.54, 1.807) is 0 Å². The van der Waals surface area contributed by atoms with Crippen molar-refractivity contribution >= 4 is 5.91 Å². The molecule has 0 aliphatic carbocycles. The number of aliphatic hydroxyl groups excluding tert-OH is 2. The van der Waals surface area contributed by atoms with Gasteiger partial charge >= 0.3 is 0 Å². The number of unbranched alkanes of at least 4 members (excludes halogenated alkanes) is 38. The van der Waals surface area contributed by atoms with Crippen LogP contribution in [0.5, 0.6) is 0 Å². The molecule has 344 valence electrons. The number of amides is 1. The van der Waals surface area contributed by atoms with Crippen LogP contribution in [0.4, 0.5) is 0 Å². The topological polar surface area (TPSA) is 69.6 Å². The number of rotatable bonds is 49. The number of nitrogens with one attached hydrogen (secondary N) is 1. The molecule has 0 spiro atoms. The number of hydrogen-bond acceptors (Lipinski definition) is 3. The molecule has 1 amide bonds. The van der Waals surface area contributed by atoms with Crippen molar-refractivity contribution in [1.82, 2.24) is 5.32 Å². The lowest BCUT2D eigenvalue weighted by molar-refractivity contribution is -0.123. The van der Waals surface area contributed by atoms with Gasteiger partial charge in [0.1, 0.15) is 0 Å². The van der Waals surface area contributed by atoms with Gasteiger partial charge in [0.25, 0.3) is 0 Å². The molecule has 0 saturated carbocycles. The van der Waals surface area contributed by atoms with Crippen molar-refractivity contribution in [2.24, 2.45) is 0 Å². The highest BCUT2D eigenvalue weighted by Gasteiger charge is 2.20. The number of hydrogen-bond donors (Lipinski definition) is 3. The van der Waals surface area contributed by atoms with Crippen molar-refractivity contribution in [2.75, 3.05) is 6.61 Å². The van der Waals surface area contributed by atoms with Gasteiger partial charge in [-0.15, -0.1) is 0 Å². The number of carbonyl (C=O) groups is 1. The maximum atomic E-state index is 12.4. The molecule has 2 unspecified atom stereocenters. The minimum absolute atomic E-state index is 0.0359. The first kappa shape index (κ1) is 56.9. The van der Waals surface area contributed by atoms with E-state index in [0.29, 0.717) is 12.8 Å². The highest BCUT2D eigenvalue weighted by atomic mass is 16.3. The van der Waals surface area contributed by atoms with Crippen LogP contribution in [-0.4, -0.2) is 34.9 Å². The molecule has 0 aromatic carbocycles. The Morgan fingerprint density at radius 1 is 0.414 bits per heavy atom. The van der Waals surface area contributed by atoms with E-state index >= 15 is 0 Å². The molecular weight excluding hydrogens is 711 g/mol. The normalized spacial score (nSPS) is 13.0. The van der Waals surface area contributed by atoms with E-state index < -0.39 is 12.1 Å². The van der Waals surface area contributed by atoms with Gasteiger partial charge in [0, 0.05) is 6.42 Å². The van der Waals surface area contributed by atoms with Crippen molar-refractivity contribution in [2.45, 2.75) is 309 Å². The predicted molar refractivity (Wildman–Crippen MR) is 258 cm³/mol. The Morgan fingerprint density at radius 3 is 1.07 bits per heavy atom. The fourth-order valence-corrected chi connectivity index (χ4v) is 8.39. The summed E-state index contributed by atoms with van der Waals surface area (Å²) in [4.78, 5) is 12.4. The molecule has 4 heteroatoms. The molecule has 58 heavy (non-hydrogen) atoms. The average molecular weight is 816 g/mol. The summed E-state index contributed by atoms with van der Waals surface area (Å²) < 4.78 is 0. The second-order valence-electron chi connectivity index (χ2n) is 18.3. The van der Waals surface area contributed by atoms with Crippen LogP contribution in [0.3, 0.4) is 0 Å². The molecule has 0 radical (unpaired) electrons. The Bertz CT molecular complexity index is 840. The van der Waals surface area contributed by atoms with E-state index in [-0.39, 0.29) is 12.5 Å². The predicted octanol–water partition coefficient (Wildman–Crippen LogP) is 17.1. The third kappa shape index (κ3) is 45.9. The first-order valence-electron chi connectivity index (χ1n) is 26.5. The minimum atomic E-state index is -0.662. The molecule has 3 N–H and O–H groups in total. The summed E-state index contributed by atoms with van der Waals surface area (Å²) in [5, 5.41) is 23.3. The molecule has 0 saturated heterocycles. The molecule has 0 aliphatic rings. The van der Waals surface area contributed by atoms with Crippen LogP contribution in [0.25, 0.3) is 0 Å². The third-order valence-corrected chi connectivity index (χ3v) is 12.5. The fraction of sp³-hybridized carbons (Fsp3) is 0.907. The first-order chi connectivity index (χ1) is 28.7. The van der Waals surface area contributed by atoms with Crippen molar-refractivity contribution in [3.05, 3.63) is 24.3 Å². The second kappa shape index (κ2) is 50.2. The Hall–Kier alpha value is -1.13. The van der Waals surface area contributed by atoms with Crippen molar-refractivity contribution in [3.63, 3.8) is 0 Å². The first-order valence-corrected chi connectivity index (χ1v) is 26.5. The molecule has 0 aromatic heterocycles. The summed E-state index contributed by atoms with van der Waals surface area (Å²) in [5.41, 5.74) is 0. The van der Waals surface area contributed by atoms with Gasteiger partial charge in [-0.3, -0.25) is 4.79 Å². The average Bonchev–Trinajstić information content (AvgIpc) is 3.23. The van der Waals surface area contributed by atoms with E-state index in [4.69, 9.17) is 0 Å². The van der Waals surface area contributed by atoms with E-state index in [0.717, 1.165) is 32.1 Å². The highest BCUT2D eigenvalue weighted by molar-refractivity contribution is 5.76. The molecule has 0 fully saturated rings. The van der Waals surface area contributed by atoms with Gasteiger partial charge in [-0.2, -0.15) is 0 Å². The molecule has 4 nitrogen and oxygen atoms in total. The lowest BCUT2D eigenvalue weighted by Crippen LogP contribution is -2.45. The summed E-state index contributed by atoms with van der Waals surface area (Å²) in [7, 11) is 0. The van der Waals surface area contributed by atoms with Crippen molar-refractivity contribution in [1.29, 1.82) is 0 Å². The Morgan fingerprint density at radius 2 is 0.707 bits per heavy atom. The SMILES string of the molecule is CCCCC/C=C\C/C=C\CCCCCCCCCC(=O)NC(CO)C(O)CCCCCCCCCCCCCCCCCCCCCCCCCCCCCCC. The Labute approximate surface area is 364 Å². The number of carbonyl (C=O) groups excluding carboxylic acids is 1. The number of allylic oxidation sites excluding steroid dienone is 4. The van der Waals surface area contributed by atoms with E-state index in [1.807, 2.05) is 0 Å². The summed E-state index contributed by atoms with van der Waals surface area (Å²) >= 11 is 0. The van der Waals surface area contributed by atoms with Crippen molar-refractivity contribution in [3.8, 4) is 0 Å². The Kier molecular flexibility index (Phi) is 49.2. The van der Waals surface area contributed by atoms with Gasteiger partial charge in [-0.25, -0.2) is 0 Å². The van der Waals surface area contributed by atoms with E-state index in [2.05, 4.69) is 43.5 Å². The quantitative estimate of drug-likeness (QED) is 0.0423. The monoisotopic (exact) mass is 816 g/mol. The maximum Gasteiger partial charge on any atom is 0.220 e. The molecule has 0 rings (SSSR count). The van der Waals surface area contributed by atoms with E-state index in [9.17, 15) is 15.0 Å². The van der Waals surface area contributed by atoms with Crippen molar-refractivity contribution < 1.29 is 15.0 Å². The van der Waals surface area contributed by atoms with Crippen LogP contribution in [0.1, 0.15) is 296 Å². The molecular formula is C54H105NO3. The summed E-state index contributed by atoms with van der Waals surface area (Å²) in [6, 6.07) is -0.540. The molecule has 0 aliphatic heterocycles. The lowest BCUT2D eigenvalue weighted by atomic mass is 10.0. The highest BCUT2D eigenvalue weighted by Crippen LogP contribution is 2.17. The number of aliphatic hydroxyl groups is 2. The molecule has 0 aromatic rings. The van der Waals surface area contributed by atoms with Crippen LogP contribution in [-0.2, 0) is 4.79 Å². The van der Waals surface area contributed by atoms with Gasteiger partial charge in [-0.05, 0) is 44.9 Å². The maximum absolute atomic E-state index is 12.4. The minimum Gasteiger partial charge on any atom is -0.394 e. The van der Waals surface area contributed by atoms with Crippen LogP contribution < -0.4 is 5.32 Å². The van der Waals surface area contributed by atoms with Crippen LogP contribution >= 0.6 is 0 Å².